The molecule has 0 spiro atoms. The quantitative estimate of drug-likeness (QED) is 0.687. The van der Waals surface area contributed by atoms with E-state index in [-0.39, 0.29) is 12.4 Å². The fourth-order valence-electron chi connectivity index (χ4n) is 2.79. The Morgan fingerprint density at radius 1 is 1.50 bits per heavy atom. The first kappa shape index (κ1) is 15.8. The summed E-state index contributed by atoms with van der Waals surface area (Å²) in [6.45, 7) is 3.31. The van der Waals surface area contributed by atoms with Gasteiger partial charge in [0.25, 0.3) is 0 Å². The Bertz CT molecular complexity index is 608. The zero-order valence-corrected chi connectivity index (χ0v) is 12.8. The van der Waals surface area contributed by atoms with Gasteiger partial charge < -0.3 is 9.47 Å². The number of urea groups is 1. The highest BCUT2D eigenvalue weighted by Gasteiger charge is 2.60. The molecule has 2 aliphatic rings. The number of esters is 1. The first-order valence-corrected chi connectivity index (χ1v) is 6.80. The molecule has 0 bridgehead atoms. The van der Waals surface area contributed by atoms with E-state index in [1.807, 2.05) is 6.07 Å². The van der Waals surface area contributed by atoms with Crippen LogP contribution >= 0.6 is 0 Å². The molecule has 2 heterocycles. The van der Waals surface area contributed by atoms with Crippen LogP contribution in [0, 0.1) is 23.2 Å². The normalized spacial score (nSPS) is 31.0. The lowest BCUT2D eigenvalue weighted by molar-refractivity contribution is -0.190. The molecule has 8 nitrogen and oxygen atoms in total. The highest BCUT2D eigenvalue weighted by atomic mass is 16.5. The van der Waals surface area contributed by atoms with Gasteiger partial charge in [-0.25, -0.2) is 4.79 Å². The number of hydrogen-bond donors (Lipinski definition) is 0. The molecule has 118 valence electrons. The predicted octanol–water partition coefficient (Wildman–Crippen LogP) is 0.460. The minimum absolute atomic E-state index is 0.117. The first-order chi connectivity index (χ1) is 10.3. The number of nitrogens with zero attached hydrogens (tertiary/aromatic N) is 3. The van der Waals surface area contributed by atoms with E-state index in [1.165, 1.54) is 32.0 Å². The summed E-state index contributed by atoms with van der Waals surface area (Å²) >= 11 is 0. The van der Waals surface area contributed by atoms with Crippen molar-refractivity contribution in [2.75, 3.05) is 20.7 Å². The highest BCUT2D eigenvalue weighted by molar-refractivity contribution is 6.01. The van der Waals surface area contributed by atoms with Crippen molar-refractivity contribution in [3.8, 4) is 6.07 Å². The number of imide groups is 1. The van der Waals surface area contributed by atoms with Gasteiger partial charge in [0.1, 0.15) is 12.0 Å². The predicted molar refractivity (Wildman–Crippen MR) is 72.7 cm³/mol. The Kier molecular flexibility index (Phi) is 3.83. The molecule has 0 aromatic carbocycles. The van der Waals surface area contributed by atoms with Crippen molar-refractivity contribution in [1.29, 1.82) is 5.26 Å². The molecule has 1 saturated heterocycles. The maximum Gasteiger partial charge on any atom is 0.329 e. The van der Waals surface area contributed by atoms with Crippen LogP contribution in [-0.4, -0.2) is 54.1 Å². The topological polar surface area (TPSA) is 99.9 Å². The van der Waals surface area contributed by atoms with E-state index in [4.69, 9.17) is 14.7 Å². The maximum absolute atomic E-state index is 12.5. The molecule has 0 N–H and O–H groups in total. The van der Waals surface area contributed by atoms with Crippen molar-refractivity contribution in [3.05, 3.63) is 11.8 Å². The lowest BCUT2D eigenvalue weighted by Gasteiger charge is -2.51. The lowest BCUT2D eigenvalue weighted by atomic mass is 9.78. The summed E-state index contributed by atoms with van der Waals surface area (Å²) < 4.78 is 10.5. The van der Waals surface area contributed by atoms with E-state index in [9.17, 15) is 14.4 Å². The van der Waals surface area contributed by atoms with E-state index < -0.39 is 35.5 Å². The van der Waals surface area contributed by atoms with Crippen molar-refractivity contribution in [2.24, 2.45) is 11.8 Å². The Balaban J connectivity index is 2.56. The largest absolute Gasteiger partial charge is 0.466 e. The fraction of sp³-hybridized carbons (Fsp3) is 0.571. The molecule has 8 heteroatoms. The van der Waals surface area contributed by atoms with Crippen LogP contribution in [0.4, 0.5) is 4.79 Å². The van der Waals surface area contributed by atoms with Gasteiger partial charge >= 0.3 is 12.0 Å². The zero-order chi connectivity index (χ0) is 16.7. The molecule has 22 heavy (non-hydrogen) atoms. The molecular formula is C14H17N3O5. The summed E-state index contributed by atoms with van der Waals surface area (Å²) in [5.41, 5.74) is -1.42. The molecule has 0 radical (unpaired) electrons. The Morgan fingerprint density at radius 3 is 2.68 bits per heavy atom. The second-order valence-corrected chi connectivity index (χ2v) is 5.29. The van der Waals surface area contributed by atoms with Crippen molar-refractivity contribution in [1.82, 2.24) is 9.80 Å². The van der Waals surface area contributed by atoms with Gasteiger partial charge in [-0.1, -0.05) is 0 Å². The van der Waals surface area contributed by atoms with Crippen molar-refractivity contribution in [2.45, 2.75) is 19.6 Å². The van der Waals surface area contributed by atoms with E-state index >= 15 is 0 Å². The minimum atomic E-state index is -1.42. The zero-order valence-electron chi connectivity index (χ0n) is 12.8. The summed E-state index contributed by atoms with van der Waals surface area (Å²) in [6.07, 6.45) is 1.28. The molecule has 0 unspecified atom stereocenters. The van der Waals surface area contributed by atoms with Gasteiger partial charge in [0, 0.05) is 14.1 Å². The number of carbonyl (C=O) groups is 3. The number of nitriles is 1. The van der Waals surface area contributed by atoms with E-state index in [0.29, 0.717) is 0 Å². The van der Waals surface area contributed by atoms with Gasteiger partial charge in [-0.15, -0.1) is 0 Å². The monoisotopic (exact) mass is 307 g/mol. The molecule has 0 aromatic heterocycles. The summed E-state index contributed by atoms with van der Waals surface area (Å²) in [7, 11) is 2.80. The molecular weight excluding hydrogens is 290 g/mol. The standard InChI is InChI=1S/C14H17N3O5/c1-5-21-12(19)9-6-8(7-15)22-14(2)10(9)11(18)16(3)13(20)17(14)4/h6,9-10H,5H2,1-4H3/t9-,10-,14-/m1/s1. The van der Waals surface area contributed by atoms with Crippen LogP contribution in [0.15, 0.2) is 11.8 Å². The van der Waals surface area contributed by atoms with Gasteiger partial charge in [0.05, 0.1) is 12.5 Å². The van der Waals surface area contributed by atoms with E-state index in [0.717, 1.165) is 4.90 Å². The van der Waals surface area contributed by atoms with Crippen LogP contribution in [-0.2, 0) is 19.1 Å². The second kappa shape index (κ2) is 5.33. The van der Waals surface area contributed by atoms with Gasteiger partial charge in [-0.3, -0.25) is 19.4 Å². The number of carbonyl (C=O) groups excluding carboxylic acids is 3. The van der Waals surface area contributed by atoms with Gasteiger partial charge in [0.2, 0.25) is 5.91 Å². The Labute approximate surface area is 127 Å². The average Bonchev–Trinajstić information content (AvgIpc) is 2.50. The molecule has 3 amide bonds. The molecule has 0 aliphatic carbocycles. The average molecular weight is 307 g/mol. The van der Waals surface area contributed by atoms with Gasteiger partial charge in [0.15, 0.2) is 11.5 Å². The molecule has 2 rings (SSSR count). The molecule has 2 aliphatic heterocycles. The summed E-state index contributed by atoms with van der Waals surface area (Å²) in [5, 5.41) is 9.10. The Hall–Kier alpha value is -2.56. The number of rotatable bonds is 2. The van der Waals surface area contributed by atoms with Crippen LogP contribution in [0.2, 0.25) is 0 Å². The van der Waals surface area contributed by atoms with Gasteiger partial charge in [-0.05, 0) is 19.9 Å². The summed E-state index contributed by atoms with van der Waals surface area (Å²) in [4.78, 5) is 39.0. The highest BCUT2D eigenvalue weighted by Crippen LogP contribution is 2.43. The van der Waals surface area contributed by atoms with Crippen LogP contribution < -0.4 is 0 Å². The summed E-state index contributed by atoms with van der Waals surface area (Å²) in [5.74, 6) is -3.25. The lowest BCUT2D eigenvalue weighted by Crippen LogP contribution is -2.69. The van der Waals surface area contributed by atoms with Gasteiger partial charge in [-0.2, -0.15) is 5.26 Å². The Morgan fingerprint density at radius 2 is 2.14 bits per heavy atom. The summed E-state index contributed by atoms with van der Waals surface area (Å²) in [6, 6.07) is 1.25. The number of allylic oxidation sites excluding steroid dienone is 1. The molecule has 1 fully saturated rings. The second-order valence-electron chi connectivity index (χ2n) is 5.29. The number of ether oxygens (including phenoxy) is 2. The van der Waals surface area contributed by atoms with Crippen LogP contribution in [0.3, 0.4) is 0 Å². The molecule has 0 aromatic rings. The van der Waals surface area contributed by atoms with Crippen LogP contribution in [0.5, 0.6) is 0 Å². The smallest absolute Gasteiger partial charge is 0.329 e. The fourth-order valence-corrected chi connectivity index (χ4v) is 2.79. The van der Waals surface area contributed by atoms with Crippen molar-refractivity contribution < 1.29 is 23.9 Å². The van der Waals surface area contributed by atoms with E-state index in [1.54, 1.807) is 6.92 Å². The third-order valence-corrected chi connectivity index (χ3v) is 4.09. The number of amides is 3. The van der Waals surface area contributed by atoms with Crippen molar-refractivity contribution in [3.63, 3.8) is 0 Å². The number of hydrogen-bond acceptors (Lipinski definition) is 6. The van der Waals surface area contributed by atoms with Crippen LogP contribution in [0.25, 0.3) is 0 Å². The maximum atomic E-state index is 12.5. The first-order valence-electron chi connectivity index (χ1n) is 6.80. The molecule has 3 atom stereocenters. The third-order valence-electron chi connectivity index (χ3n) is 4.09. The van der Waals surface area contributed by atoms with Crippen molar-refractivity contribution >= 4 is 17.9 Å². The minimum Gasteiger partial charge on any atom is -0.466 e. The van der Waals surface area contributed by atoms with Crippen LogP contribution in [0.1, 0.15) is 13.8 Å². The molecule has 0 saturated carbocycles. The third kappa shape index (κ3) is 2.09. The number of fused-ring (bicyclic) bond motifs is 1. The SMILES string of the molecule is CCOC(=O)[C@@H]1C=C(C#N)O[C@]2(C)[C@H]1C(=O)N(C)C(=O)N2C. The van der Waals surface area contributed by atoms with E-state index in [2.05, 4.69) is 0 Å².